The van der Waals surface area contributed by atoms with E-state index in [1.54, 1.807) is 0 Å². The van der Waals surface area contributed by atoms with Crippen molar-refractivity contribution >= 4 is 17.7 Å². The second kappa shape index (κ2) is 12.2. The summed E-state index contributed by atoms with van der Waals surface area (Å²) in [6.45, 7) is 6.30. The molecule has 10 heteroatoms. The van der Waals surface area contributed by atoms with Gasteiger partial charge in [-0.2, -0.15) is 0 Å². The van der Waals surface area contributed by atoms with E-state index >= 15 is 0 Å². The van der Waals surface area contributed by atoms with Gasteiger partial charge in [0.2, 0.25) is 5.91 Å². The molecule has 4 heterocycles. The van der Waals surface area contributed by atoms with Crippen LogP contribution in [-0.2, 0) is 14.3 Å². The Labute approximate surface area is 212 Å². The number of aliphatic hydroxyl groups is 3. The van der Waals surface area contributed by atoms with Crippen LogP contribution in [0.5, 0.6) is 0 Å². The molecule has 4 rings (SSSR count). The van der Waals surface area contributed by atoms with E-state index in [-0.39, 0.29) is 17.3 Å². The van der Waals surface area contributed by atoms with E-state index in [2.05, 4.69) is 24.5 Å². The van der Waals surface area contributed by atoms with Gasteiger partial charge in [-0.15, -0.1) is 11.8 Å². The molecule has 1 amide bonds. The Morgan fingerprint density at radius 2 is 1.94 bits per heavy atom. The Balaban J connectivity index is 1.46. The number of thioether (sulfide) groups is 1. The zero-order chi connectivity index (χ0) is 25.1. The maximum Gasteiger partial charge on any atom is 0.240 e. The lowest BCUT2D eigenvalue weighted by molar-refractivity contribution is -0.205. The molecule has 35 heavy (non-hydrogen) atoms. The summed E-state index contributed by atoms with van der Waals surface area (Å²) in [5.41, 5.74) is 5.13. The number of aliphatic hydroxyl groups excluding tert-OH is 3. The summed E-state index contributed by atoms with van der Waals surface area (Å²) in [5, 5.41) is 38.3. The van der Waals surface area contributed by atoms with Crippen LogP contribution in [0.15, 0.2) is 12.2 Å². The average Bonchev–Trinajstić information content (AvgIpc) is 3.11. The monoisotopic (exact) mass is 513 g/mol. The third-order valence-electron chi connectivity index (χ3n) is 7.83. The van der Waals surface area contributed by atoms with Gasteiger partial charge in [-0.1, -0.05) is 26.0 Å². The highest BCUT2D eigenvalue weighted by Crippen LogP contribution is 2.36. The molecule has 200 valence electrons. The standard InChI is InChI=1S/C25H43N3O6S/c1-13(2)9-14-7-8-33-22-15(10-14)12-27-18(22)24(32)28-17-6-4-3-5-16(11-26)35-25-21(31)19(29)20(30)23(17)34-25/h3-4,13-23,25,27,29-31H,5-12,26H2,1-2H3,(H,28,32)/b4-3-/t14-,15-,16+,17+,18-,19+,20?,21+,22+,23+,25?/m0/s1. The molecule has 2 unspecified atom stereocenters. The zero-order valence-corrected chi connectivity index (χ0v) is 21.6. The first kappa shape index (κ1) is 27.3. The Morgan fingerprint density at radius 3 is 2.69 bits per heavy atom. The molecular formula is C25H43N3O6S. The third kappa shape index (κ3) is 6.41. The minimum absolute atomic E-state index is 0.0201. The van der Waals surface area contributed by atoms with E-state index in [0.29, 0.717) is 43.7 Å². The van der Waals surface area contributed by atoms with Gasteiger partial charge in [-0.25, -0.2) is 0 Å². The first-order chi connectivity index (χ1) is 16.8. The molecule has 4 aliphatic heterocycles. The second-order valence-corrected chi connectivity index (χ2v) is 12.4. The first-order valence-corrected chi connectivity index (χ1v) is 14.1. The van der Waals surface area contributed by atoms with E-state index in [9.17, 15) is 20.1 Å². The van der Waals surface area contributed by atoms with Crippen LogP contribution in [0, 0.1) is 17.8 Å². The van der Waals surface area contributed by atoms with Crippen molar-refractivity contribution in [3.8, 4) is 0 Å². The largest absolute Gasteiger partial charge is 0.388 e. The summed E-state index contributed by atoms with van der Waals surface area (Å²) >= 11 is 1.36. The predicted molar refractivity (Wildman–Crippen MR) is 135 cm³/mol. The molecule has 4 aliphatic rings. The molecule has 0 spiro atoms. The fourth-order valence-corrected chi connectivity index (χ4v) is 7.25. The van der Waals surface area contributed by atoms with E-state index in [1.807, 2.05) is 12.2 Å². The minimum atomic E-state index is -1.37. The van der Waals surface area contributed by atoms with Gasteiger partial charge in [-0.3, -0.25) is 4.79 Å². The van der Waals surface area contributed by atoms with Crippen molar-refractivity contribution in [3.05, 3.63) is 12.2 Å². The molecular weight excluding hydrogens is 470 g/mol. The van der Waals surface area contributed by atoms with E-state index in [4.69, 9.17) is 15.2 Å². The molecule has 0 radical (unpaired) electrons. The third-order valence-corrected chi connectivity index (χ3v) is 9.26. The van der Waals surface area contributed by atoms with E-state index in [0.717, 1.165) is 19.4 Å². The molecule has 0 saturated carbocycles. The van der Waals surface area contributed by atoms with Crippen LogP contribution in [0.3, 0.4) is 0 Å². The number of hydrogen-bond donors (Lipinski definition) is 6. The van der Waals surface area contributed by atoms with Crippen LogP contribution >= 0.6 is 11.8 Å². The maximum atomic E-state index is 13.5. The summed E-state index contributed by atoms with van der Waals surface area (Å²) in [6, 6.07) is -1.03. The molecule has 2 bridgehead atoms. The molecule has 0 aliphatic carbocycles. The SMILES string of the molecule is CC(C)C[C@@H]1CCO[C@@H]2[C@H](CN[C@@H]2C(=O)N[C@@H]2C/C=C\C[C@H](CN)SC3O[C@H]2C(O)[C@@H](O)[C@H]3O)C1. The predicted octanol–water partition coefficient (Wildman–Crippen LogP) is 0.119. The van der Waals surface area contributed by atoms with Gasteiger partial charge >= 0.3 is 0 Å². The number of ether oxygens (including phenoxy) is 2. The highest BCUT2D eigenvalue weighted by atomic mass is 32.2. The minimum Gasteiger partial charge on any atom is -0.388 e. The number of nitrogens with one attached hydrogen (secondary N) is 2. The molecule has 0 aromatic heterocycles. The van der Waals surface area contributed by atoms with Crippen LogP contribution in [0.2, 0.25) is 0 Å². The van der Waals surface area contributed by atoms with Crippen molar-refractivity contribution in [1.29, 1.82) is 0 Å². The molecule has 3 saturated heterocycles. The normalized spacial score (nSPS) is 45.4. The molecule has 9 nitrogen and oxygen atoms in total. The second-order valence-electron chi connectivity index (χ2n) is 11.0. The molecule has 0 aromatic carbocycles. The van der Waals surface area contributed by atoms with E-state index < -0.39 is 41.9 Å². The van der Waals surface area contributed by atoms with Gasteiger partial charge in [-0.05, 0) is 49.9 Å². The number of fused-ring (bicyclic) bond motifs is 3. The number of carbonyl (C=O) groups excluding carboxylic acids is 1. The maximum absolute atomic E-state index is 13.5. The van der Waals surface area contributed by atoms with Gasteiger partial charge in [0, 0.05) is 24.9 Å². The average molecular weight is 514 g/mol. The van der Waals surface area contributed by atoms with Crippen LogP contribution in [-0.4, -0.2) is 94.2 Å². The smallest absolute Gasteiger partial charge is 0.240 e. The van der Waals surface area contributed by atoms with Crippen LogP contribution in [0.25, 0.3) is 0 Å². The molecule has 3 fully saturated rings. The van der Waals surface area contributed by atoms with Crippen LogP contribution in [0.1, 0.15) is 46.0 Å². The van der Waals surface area contributed by atoms with Gasteiger partial charge in [0.25, 0.3) is 0 Å². The van der Waals surface area contributed by atoms with Crippen LogP contribution in [0.4, 0.5) is 0 Å². The fraction of sp³-hybridized carbons (Fsp3) is 0.880. The number of allylic oxidation sites excluding steroid dienone is 1. The summed E-state index contributed by atoms with van der Waals surface area (Å²) < 4.78 is 12.3. The van der Waals surface area contributed by atoms with Gasteiger partial charge in [0.15, 0.2) is 0 Å². The molecule has 7 N–H and O–H groups in total. The Kier molecular flexibility index (Phi) is 9.53. The van der Waals surface area contributed by atoms with Gasteiger partial charge in [0.05, 0.1) is 12.1 Å². The van der Waals surface area contributed by atoms with Gasteiger partial charge in [0.1, 0.15) is 35.9 Å². The summed E-state index contributed by atoms with van der Waals surface area (Å²) in [7, 11) is 0. The van der Waals surface area contributed by atoms with Crippen molar-refractivity contribution in [2.45, 2.75) is 99.2 Å². The number of nitrogens with two attached hydrogens (primary N) is 1. The lowest BCUT2D eigenvalue weighted by Crippen LogP contribution is -2.64. The van der Waals surface area contributed by atoms with Crippen molar-refractivity contribution in [2.75, 3.05) is 19.7 Å². The first-order valence-electron chi connectivity index (χ1n) is 13.1. The van der Waals surface area contributed by atoms with Gasteiger partial charge < -0.3 is 41.2 Å². The summed E-state index contributed by atoms with van der Waals surface area (Å²) in [4.78, 5) is 13.5. The number of amides is 1. The highest BCUT2D eigenvalue weighted by molar-refractivity contribution is 8.00. The Hall–Kier alpha value is -0.720. The topological polar surface area (TPSA) is 146 Å². The zero-order valence-electron chi connectivity index (χ0n) is 20.8. The van der Waals surface area contributed by atoms with Crippen molar-refractivity contribution in [1.82, 2.24) is 10.6 Å². The van der Waals surface area contributed by atoms with E-state index in [1.165, 1.54) is 18.2 Å². The molecule has 11 atom stereocenters. The Morgan fingerprint density at radius 1 is 1.17 bits per heavy atom. The summed E-state index contributed by atoms with van der Waals surface area (Å²) in [5.74, 6) is 1.37. The summed E-state index contributed by atoms with van der Waals surface area (Å²) in [6.07, 6.45) is 3.39. The van der Waals surface area contributed by atoms with Crippen molar-refractivity contribution in [2.24, 2.45) is 23.5 Å². The van der Waals surface area contributed by atoms with Crippen LogP contribution < -0.4 is 16.4 Å². The lowest BCUT2D eigenvalue weighted by Gasteiger charge is -2.44. The highest BCUT2D eigenvalue weighted by Gasteiger charge is 2.49. The number of hydrogen-bond acceptors (Lipinski definition) is 9. The van der Waals surface area contributed by atoms with Crippen molar-refractivity contribution < 1.29 is 29.6 Å². The lowest BCUT2D eigenvalue weighted by atomic mass is 9.85. The number of rotatable bonds is 5. The fourth-order valence-electron chi connectivity index (χ4n) is 6.03. The van der Waals surface area contributed by atoms with Crippen molar-refractivity contribution in [3.63, 3.8) is 0 Å². The quantitative estimate of drug-likeness (QED) is 0.282. The Bertz CT molecular complexity index is 742. The molecule has 0 aromatic rings. The number of carbonyl (C=O) groups is 1.